The Morgan fingerprint density at radius 3 is 2.95 bits per heavy atom. The van der Waals surface area contributed by atoms with E-state index in [0.29, 0.717) is 5.92 Å². The van der Waals surface area contributed by atoms with E-state index in [1.807, 2.05) is 13.1 Å². The second-order valence-corrected chi connectivity index (χ2v) is 4.52. The number of nitrogens with zero attached hydrogens (tertiary/aromatic N) is 4. The van der Waals surface area contributed by atoms with Crippen molar-refractivity contribution >= 4 is 5.82 Å². The van der Waals surface area contributed by atoms with Crippen LogP contribution in [0.5, 0.6) is 0 Å². The van der Waals surface area contributed by atoms with Gasteiger partial charge in [-0.15, -0.1) is 0 Å². The highest BCUT2D eigenvalue weighted by molar-refractivity contribution is 5.55. The van der Waals surface area contributed by atoms with Crippen LogP contribution in [0.3, 0.4) is 0 Å². The lowest BCUT2D eigenvalue weighted by Crippen LogP contribution is -2.12. The highest BCUT2D eigenvalue weighted by Crippen LogP contribution is 2.27. The summed E-state index contributed by atoms with van der Waals surface area (Å²) < 4.78 is 0. The zero-order chi connectivity index (χ0) is 13.1. The van der Waals surface area contributed by atoms with Crippen molar-refractivity contribution in [3.05, 3.63) is 30.5 Å². The molecule has 0 spiro atoms. The van der Waals surface area contributed by atoms with Gasteiger partial charge in [0.1, 0.15) is 17.8 Å². The largest absolute Gasteiger partial charge is 0.372 e. The molecule has 1 atom stereocenters. The minimum absolute atomic E-state index is 0.414. The second-order valence-electron chi connectivity index (χ2n) is 4.52. The highest BCUT2D eigenvalue weighted by Gasteiger charge is 2.22. The van der Waals surface area contributed by atoms with Crippen LogP contribution in [0.4, 0.5) is 5.82 Å². The quantitative estimate of drug-likeness (QED) is 0.855. The van der Waals surface area contributed by atoms with Crippen LogP contribution in [-0.4, -0.2) is 40.1 Å². The van der Waals surface area contributed by atoms with Crippen molar-refractivity contribution in [3.8, 4) is 11.4 Å². The molecule has 2 aromatic heterocycles. The van der Waals surface area contributed by atoms with Gasteiger partial charge in [-0.2, -0.15) is 0 Å². The third-order valence-electron chi connectivity index (χ3n) is 3.33. The molecule has 3 rings (SSSR count). The monoisotopic (exact) mass is 256 g/mol. The van der Waals surface area contributed by atoms with Crippen molar-refractivity contribution in [2.75, 3.05) is 25.5 Å². The van der Waals surface area contributed by atoms with Gasteiger partial charge < -0.3 is 10.6 Å². The molecule has 0 aliphatic carbocycles. The first kappa shape index (κ1) is 12.0. The SMILES string of the molecule is CNc1ncc(-c2ccncn2)nc1C1CCNC1. The predicted molar refractivity (Wildman–Crippen MR) is 72.8 cm³/mol. The van der Waals surface area contributed by atoms with Crippen molar-refractivity contribution in [3.63, 3.8) is 0 Å². The summed E-state index contributed by atoms with van der Waals surface area (Å²) in [6.07, 6.45) is 6.09. The molecule has 0 amide bonds. The molecular weight excluding hydrogens is 240 g/mol. The van der Waals surface area contributed by atoms with Crippen LogP contribution < -0.4 is 10.6 Å². The lowest BCUT2D eigenvalue weighted by atomic mass is 10.0. The number of hydrogen-bond donors (Lipinski definition) is 2. The van der Waals surface area contributed by atoms with Crippen molar-refractivity contribution in [2.45, 2.75) is 12.3 Å². The number of nitrogens with one attached hydrogen (secondary N) is 2. The van der Waals surface area contributed by atoms with Crippen molar-refractivity contribution in [2.24, 2.45) is 0 Å². The topological polar surface area (TPSA) is 75.6 Å². The molecule has 1 unspecified atom stereocenters. The highest BCUT2D eigenvalue weighted by atomic mass is 15.0. The van der Waals surface area contributed by atoms with Gasteiger partial charge in [-0.1, -0.05) is 0 Å². The molecule has 6 nitrogen and oxygen atoms in total. The molecule has 6 heteroatoms. The summed E-state index contributed by atoms with van der Waals surface area (Å²) in [6, 6.07) is 1.85. The summed E-state index contributed by atoms with van der Waals surface area (Å²) in [5.41, 5.74) is 2.62. The maximum atomic E-state index is 4.74. The van der Waals surface area contributed by atoms with Crippen LogP contribution >= 0.6 is 0 Å². The van der Waals surface area contributed by atoms with Crippen molar-refractivity contribution in [1.29, 1.82) is 0 Å². The molecular formula is C13H16N6. The normalized spacial score (nSPS) is 18.5. The van der Waals surface area contributed by atoms with Crippen LogP contribution in [0.1, 0.15) is 18.0 Å². The van der Waals surface area contributed by atoms with Crippen LogP contribution in [0, 0.1) is 0 Å². The summed E-state index contributed by atoms with van der Waals surface area (Å²) in [7, 11) is 1.88. The fourth-order valence-corrected chi connectivity index (χ4v) is 2.33. The first-order valence-corrected chi connectivity index (χ1v) is 6.40. The van der Waals surface area contributed by atoms with Crippen LogP contribution in [0.2, 0.25) is 0 Å². The number of aromatic nitrogens is 4. The lowest BCUT2D eigenvalue weighted by molar-refractivity contribution is 0.732. The van der Waals surface area contributed by atoms with Crippen LogP contribution in [-0.2, 0) is 0 Å². The Labute approximate surface area is 111 Å². The fraction of sp³-hybridized carbons (Fsp3) is 0.385. The third-order valence-corrected chi connectivity index (χ3v) is 3.33. The molecule has 0 aromatic carbocycles. The van der Waals surface area contributed by atoms with Gasteiger partial charge in [0.25, 0.3) is 0 Å². The van der Waals surface area contributed by atoms with Gasteiger partial charge in [-0.25, -0.2) is 19.9 Å². The molecule has 2 aromatic rings. The standard InChI is InChI=1S/C13H16N6/c1-14-13-12(9-2-4-15-6-9)19-11(7-17-13)10-3-5-16-8-18-10/h3,5,7-9,15H,2,4,6H2,1H3,(H,14,17). The summed E-state index contributed by atoms with van der Waals surface area (Å²) in [5.74, 6) is 1.27. The zero-order valence-electron chi connectivity index (χ0n) is 10.8. The van der Waals surface area contributed by atoms with E-state index in [2.05, 4.69) is 25.6 Å². The van der Waals surface area contributed by atoms with E-state index in [1.165, 1.54) is 6.33 Å². The molecule has 2 N–H and O–H groups in total. The minimum atomic E-state index is 0.414. The van der Waals surface area contributed by atoms with E-state index in [0.717, 1.165) is 42.4 Å². The van der Waals surface area contributed by atoms with Gasteiger partial charge in [0.05, 0.1) is 17.6 Å². The van der Waals surface area contributed by atoms with Crippen molar-refractivity contribution in [1.82, 2.24) is 25.3 Å². The molecule has 1 aliphatic heterocycles. The Hall–Kier alpha value is -2.08. The molecule has 19 heavy (non-hydrogen) atoms. The molecule has 98 valence electrons. The Balaban J connectivity index is 2.01. The Bertz CT molecular complexity index is 550. The first-order chi connectivity index (χ1) is 9.38. The maximum absolute atomic E-state index is 4.74. The Kier molecular flexibility index (Phi) is 3.33. The van der Waals surface area contributed by atoms with E-state index in [4.69, 9.17) is 4.98 Å². The summed E-state index contributed by atoms with van der Waals surface area (Å²) in [6.45, 7) is 1.99. The van der Waals surface area contributed by atoms with Crippen LogP contribution in [0.15, 0.2) is 24.8 Å². The molecule has 1 saturated heterocycles. The average Bonchev–Trinajstić information content (AvgIpc) is 3.01. The molecule has 0 radical (unpaired) electrons. The van der Waals surface area contributed by atoms with Gasteiger partial charge in [-0.3, -0.25) is 0 Å². The molecule has 1 aliphatic rings. The lowest BCUT2D eigenvalue weighted by Gasteiger charge is -2.13. The summed E-state index contributed by atoms with van der Waals surface area (Å²) >= 11 is 0. The number of anilines is 1. The third kappa shape index (κ3) is 2.39. The first-order valence-electron chi connectivity index (χ1n) is 6.40. The number of hydrogen-bond acceptors (Lipinski definition) is 6. The molecule has 0 bridgehead atoms. The minimum Gasteiger partial charge on any atom is -0.372 e. The summed E-state index contributed by atoms with van der Waals surface area (Å²) in [5, 5.41) is 6.48. The Morgan fingerprint density at radius 1 is 1.32 bits per heavy atom. The van der Waals surface area contributed by atoms with Gasteiger partial charge in [0.2, 0.25) is 0 Å². The molecule has 1 fully saturated rings. The summed E-state index contributed by atoms with van der Waals surface area (Å²) in [4.78, 5) is 17.3. The second kappa shape index (κ2) is 5.27. The van der Waals surface area contributed by atoms with E-state index >= 15 is 0 Å². The van der Waals surface area contributed by atoms with Crippen molar-refractivity contribution < 1.29 is 0 Å². The maximum Gasteiger partial charge on any atom is 0.147 e. The average molecular weight is 256 g/mol. The van der Waals surface area contributed by atoms with E-state index in [1.54, 1.807) is 12.4 Å². The predicted octanol–water partition coefficient (Wildman–Crippen LogP) is 1.05. The Morgan fingerprint density at radius 2 is 2.26 bits per heavy atom. The number of rotatable bonds is 3. The van der Waals surface area contributed by atoms with Gasteiger partial charge in [-0.05, 0) is 19.0 Å². The van der Waals surface area contributed by atoms with Crippen LogP contribution in [0.25, 0.3) is 11.4 Å². The zero-order valence-corrected chi connectivity index (χ0v) is 10.8. The van der Waals surface area contributed by atoms with Gasteiger partial charge >= 0.3 is 0 Å². The van der Waals surface area contributed by atoms with E-state index in [9.17, 15) is 0 Å². The van der Waals surface area contributed by atoms with Gasteiger partial charge in [0.15, 0.2) is 0 Å². The van der Waals surface area contributed by atoms with E-state index < -0.39 is 0 Å². The molecule has 0 saturated carbocycles. The smallest absolute Gasteiger partial charge is 0.147 e. The molecule has 3 heterocycles. The fourth-order valence-electron chi connectivity index (χ4n) is 2.33. The van der Waals surface area contributed by atoms with E-state index in [-0.39, 0.29) is 0 Å². The van der Waals surface area contributed by atoms with Gasteiger partial charge in [0, 0.05) is 25.7 Å².